The van der Waals surface area contributed by atoms with Crippen LogP contribution in [-0.4, -0.2) is 23.6 Å². The summed E-state index contributed by atoms with van der Waals surface area (Å²) in [7, 11) is 0. The Morgan fingerprint density at radius 3 is 2.84 bits per heavy atom. The molecule has 1 aromatic heterocycles. The summed E-state index contributed by atoms with van der Waals surface area (Å²) in [5, 5.41) is 0. The van der Waals surface area contributed by atoms with Crippen molar-refractivity contribution in [1.82, 2.24) is 4.57 Å². The minimum atomic E-state index is -2.97. The van der Waals surface area contributed by atoms with E-state index in [4.69, 9.17) is 0 Å². The first-order valence-corrected chi connectivity index (χ1v) is 8.00. The van der Waals surface area contributed by atoms with Gasteiger partial charge in [-0.2, -0.15) is 8.78 Å². The summed E-state index contributed by atoms with van der Waals surface area (Å²) in [6, 6.07) is 8.04. The molecule has 5 nitrogen and oxygen atoms in total. The maximum absolute atomic E-state index is 12.7. The number of rotatable bonds is 4. The van der Waals surface area contributed by atoms with Gasteiger partial charge in [0.15, 0.2) is 0 Å². The van der Waals surface area contributed by atoms with Gasteiger partial charge in [-0.1, -0.05) is 12.1 Å². The molecular weight excluding hydrogens is 330 g/mol. The van der Waals surface area contributed by atoms with E-state index in [0.717, 1.165) is 17.5 Å². The number of fused-ring (bicyclic) bond motifs is 1. The van der Waals surface area contributed by atoms with Crippen molar-refractivity contribution in [2.75, 3.05) is 11.4 Å². The number of aromatic nitrogens is 1. The van der Waals surface area contributed by atoms with Gasteiger partial charge >= 0.3 is 6.61 Å². The zero-order valence-corrected chi connectivity index (χ0v) is 13.7. The highest BCUT2D eigenvalue weighted by Crippen LogP contribution is 2.37. The number of hydrogen-bond acceptors (Lipinski definition) is 3. The van der Waals surface area contributed by atoms with E-state index in [9.17, 15) is 18.4 Å². The average Bonchev–Trinajstić information content (AvgIpc) is 2.56. The van der Waals surface area contributed by atoms with Crippen molar-refractivity contribution < 1.29 is 18.3 Å². The smallest absolute Gasteiger partial charge is 0.387 e. The molecule has 132 valence electrons. The van der Waals surface area contributed by atoms with Crippen LogP contribution in [-0.2, 0) is 17.8 Å². The van der Waals surface area contributed by atoms with Gasteiger partial charge in [0.2, 0.25) is 5.91 Å². The minimum Gasteiger partial charge on any atom is -0.433 e. The molecule has 1 amide bonds. The van der Waals surface area contributed by atoms with Crippen LogP contribution < -0.4 is 15.2 Å². The maximum Gasteiger partial charge on any atom is 0.387 e. The molecule has 3 rings (SSSR count). The highest BCUT2D eigenvalue weighted by molar-refractivity contribution is 5.96. The molecule has 0 radical (unpaired) electrons. The molecule has 0 saturated carbocycles. The number of alkyl halides is 2. The Morgan fingerprint density at radius 2 is 2.12 bits per heavy atom. The number of carbonyl (C=O) groups is 1. The molecule has 1 aromatic carbocycles. The molecule has 0 bridgehead atoms. The molecule has 0 saturated heterocycles. The number of halogens is 2. The van der Waals surface area contributed by atoms with E-state index in [1.807, 2.05) is 0 Å². The second kappa shape index (κ2) is 7.04. The number of aryl methyl sites for hydroxylation is 2. The molecule has 1 aliphatic heterocycles. The first-order valence-electron chi connectivity index (χ1n) is 8.00. The van der Waals surface area contributed by atoms with Gasteiger partial charge in [-0.3, -0.25) is 9.59 Å². The molecule has 0 N–H and O–H groups in total. The lowest BCUT2D eigenvalue weighted by atomic mass is 10.0. The monoisotopic (exact) mass is 348 g/mol. The van der Waals surface area contributed by atoms with Crippen LogP contribution in [0, 0.1) is 6.92 Å². The Morgan fingerprint density at radius 1 is 1.32 bits per heavy atom. The summed E-state index contributed by atoms with van der Waals surface area (Å²) >= 11 is 0. The summed E-state index contributed by atoms with van der Waals surface area (Å²) < 4.78 is 31.3. The zero-order valence-electron chi connectivity index (χ0n) is 13.7. The van der Waals surface area contributed by atoms with E-state index >= 15 is 0 Å². The Labute approximate surface area is 143 Å². The van der Waals surface area contributed by atoms with Crippen molar-refractivity contribution in [2.24, 2.45) is 0 Å². The van der Waals surface area contributed by atoms with E-state index in [1.165, 1.54) is 21.6 Å². The molecule has 2 heterocycles. The van der Waals surface area contributed by atoms with E-state index < -0.39 is 6.61 Å². The molecule has 0 fully saturated rings. The quantitative estimate of drug-likeness (QED) is 0.854. The largest absolute Gasteiger partial charge is 0.433 e. The number of pyridine rings is 1. The van der Waals surface area contributed by atoms with Gasteiger partial charge in [0, 0.05) is 18.8 Å². The number of ether oxygens (including phenoxy) is 1. The molecular formula is C18H18F2N2O3. The van der Waals surface area contributed by atoms with Gasteiger partial charge in [-0.25, -0.2) is 0 Å². The zero-order chi connectivity index (χ0) is 18.0. The Hall–Kier alpha value is -2.70. The SMILES string of the molecule is Cc1ccn(CC(=O)N2CCCc3cccc(OC(F)F)c32)c(=O)c1. The van der Waals surface area contributed by atoms with Crippen LogP contribution in [0.1, 0.15) is 17.5 Å². The Balaban J connectivity index is 1.91. The fraction of sp³-hybridized carbons (Fsp3) is 0.333. The highest BCUT2D eigenvalue weighted by atomic mass is 19.3. The molecule has 7 heteroatoms. The van der Waals surface area contributed by atoms with Crippen LogP contribution in [0.2, 0.25) is 0 Å². The van der Waals surface area contributed by atoms with Crippen molar-refractivity contribution in [3.8, 4) is 5.75 Å². The van der Waals surface area contributed by atoms with Crippen LogP contribution in [0.25, 0.3) is 0 Å². The van der Waals surface area contributed by atoms with E-state index in [1.54, 1.807) is 31.3 Å². The fourth-order valence-electron chi connectivity index (χ4n) is 3.02. The van der Waals surface area contributed by atoms with Gasteiger partial charge in [-0.15, -0.1) is 0 Å². The Bertz CT molecular complexity index is 848. The predicted octanol–water partition coefficient (Wildman–Crippen LogP) is 2.74. The first-order chi connectivity index (χ1) is 12.0. The van der Waals surface area contributed by atoms with Crippen LogP contribution in [0.3, 0.4) is 0 Å². The van der Waals surface area contributed by atoms with Crippen molar-refractivity contribution >= 4 is 11.6 Å². The minimum absolute atomic E-state index is 0.0168. The maximum atomic E-state index is 12.7. The van der Waals surface area contributed by atoms with E-state index in [-0.39, 0.29) is 23.8 Å². The number of hydrogen-bond donors (Lipinski definition) is 0. The number of benzene rings is 1. The van der Waals surface area contributed by atoms with Gasteiger partial charge in [0.1, 0.15) is 12.3 Å². The Kier molecular flexibility index (Phi) is 4.83. The van der Waals surface area contributed by atoms with Crippen LogP contribution in [0.5, 0.6) is 5.75 Å². The summed E-state index contributed by atoms with van der Waals surface area (Å²) in [5.41, 5.74) is 1.69. The summed E-state index contributed by atoms with van der Waals surface area (Å²) in [6.45, 7) is -0.926. The number of nitrogens with zero attached hydrogens (tertiary/aromatic N) is 2. The summed E-state index contributed by atoms with van der Waals surface area (Å²) in [4.78, 5) is 26.1. The van der Waals surface area contributed by atoms with Crippen LogP contribution >= 0.6 is 0 Å². The third-order valence-electron chi connectivity index (χ3n) is 4.15. The van der Waals surface area contributed by atoms with E-state index in [2.05, 4.69) is 4.74 Å². The van der Waals surface area contributed by atoms with Gasteiger partial charge in [-0.05, 0) is 43.0 Å². The molecule has 25 heavy (non-hydrogen) atoms. The lowest BCUT2D eigenvalue weighted by Gasteiger charge is -2.31. The van der Waals surface area contributed by atoms with Crippen molar-refractivity contribution in [3.63, 3.8) is 0 Å². The second-order valence-electron chi connectivity index (χ2n) is 5.96. The van der Waals surface area contributed by atoms with Crippen molar-refractivity contribution in [3.05, 3.63) is 58.0 Å². The van der Waals surface area contributed by atoms with E-state index in [0.29, 0.717) is 18.7 Å². The number of para-hydroxylation sites is 1. The second-order valence-corrected chi connectivity index (χ2v) is 5.96. The molecule has 0 atom stereocenters. The van der Waals surface area contributed by atoms with Crippen molar-refractivity contribution in [2.45, 2.75) is 32.9 Å². The van der Waals surface area contributed by atoms with Crippen LogP contribution in [0.4, 0.5) is 14.5 Å². The third-order valence-corrected chi connectivity index (χ3v) is 4.15. The lowest BCUT2D eigenvalue weighted by molar-refractivity contribution is -0.119. The summed E-state index contributed by atoms with van der Waals surface area (Å²) in [5.74, 6) is -0.353. The highest BCUT2D eigenvalue weighted by Gasteiger charge is 2.27. The van der Waals surface area contributed by atoms with Gasteiger partial charge in [0.25, 0.3) is 5.56 Å². The standard InChI is InChI=1S/C18H18F2N2O3/c1-12-7-9-21(15(23)10-12)11-16(24)22-8-3-5-13-4-2-6-14(17(13)22)25-18(19)20/h2,4,6-7,9-10,18H,3,5,8,11H2,1H3. The molecule has 0 aliphatic carbocycles. The normalized spacial score (nSPS) is 13.7. The van der Waals surface area contributed by atoms with Gasteiger partial charge in [0.05, 0.1) is 5.69 Å². The summed E-state index contributed by atoms with van der Waals surface area (Å²) in [6.07, 6.45) is 2.96. The molecule has 1 aliphatic rings. The molecule has 0 unspecified atom stereocenters. The number of carbonyl (C=O) groups excluding carboxylic acids is 1. The number of amides is 1. The lowest BCUT2D eigenvalue weighted by Crippen LogP contribution is -2.39. The van der Waals surface area contributed by atoms with Crippen LogP contribution in [0.15, 0.2) is 41.3 Å². The average molecular weight is 348 g/mol. The molecule has 2 aromatic rings. The van der Waals surface area contributed by atoms with Gasteiger partial charge < -0.3 is 14.2 Å². The number of anilines is 1. The third kappa shape index (κ3) is 3.70. The molecule has 0 spiro atoms. The first kappa shape index (κ1) is 17.1. The fourth-order valence-corrected chi connectivity index (χ4v) is 3.02. The predicted molar refractivity (Wildman–Crippen MR) is 89.2 cm³/mol. The topological polar surface area (TPSA) is 51.5 Å². The van der Waals surface area contributed by atoms with Crippen molar-refractivity contribution in [1.29, 1.82) is 0 Å².